The number of hydrogen-bond acceptors (Lipinski definition) is 2. The van der Waals surface area contributed by atoms with E-state index in [4.69, 9.17) is 0 Å². The molecule has 3 nitrogen and oxygen atoms in total. The van der Waals surface area contributed by atoms with Crippen LogP contribution in [-0.2, 0) is 4.79 Å². The van der Waals surface area contributed by atoms with Gasteiger partial charge in [-0.3, -0.25) is 4.79 Å². The van der Waals surface area contributed by atoms with Crippen LogP contribution in [0, 0.1) is 0 Å². The zero-order valence-electron chi connectivity index (χ0n) is 11.3. The second kappa shape index (κ2) is 6.01. The van der Waals surface area contributed by atoms with Gasteiger partial charge in [0.2, 0.25) is 5.91 Å². The van der Waals surface area contributed by atoms with Gasteiger partial charge >= 0.3 is 0 Å². The predicted molar refractivity (Wildman–Crippen MR) is 73.6 cm³/mol. The van der Waals surface area contributed by atoms with Gasteiger partial charge in [0.05, 0.1) is 0 Å². The molecule has 98 valence electrons. The molecule has 1 atom stereocenters. The first kappa shape index (κ1) is 13.1. The third-order valence-electron chi connectivity index (χ3n) is 3.71. The van der Waals surface area contributed by atoms with Crippen LogP contribution in [0.5, 0.6) is 0 Å². The summed E-state index contributed by atoms with van der Waals surface area (Å²) >= 11 is 0. The maximum absolute atomic E-state index is 12.2. The standard InChI is InChI=1S/C15H22N2O/c1-13(14-6-4-3-5-7-14)12-15(18)17-10-8-16(2)9-11-17/h3-7,13H,8-12H2,1-2H3. The highest BCUT2D eigenvalue weighted by molar-refractivity contribution is 5.77. The van der Waals surface area contributed by atoms with Crippen LogP contribution in [0.25, 0.3) is 0 Å². The Hall–Kier alpha value is -1.35. The van der Waals surface area contributed by atoms with Crippen molar-refractivity contribution in [1.29, 1.82) is 0 Å². The lowest BCUT2D eigenvalue weighted by atomic mass is 9.97. The van der Waals surface area contributed by atoms with E-state index in [-0.39, 0.29) is 0 Å². The Balaban J connectivity index is 1.87. The third-order valence-corrected chi connectivity index (χ3v) is 3.71. The number of amides is 1. The fourth-order valence-corrected chi connectivity index (χ4v) is 2.35. The first-order chi connectivity index (χ1) is 8.66. The van der Waals surface area contributed by atoms with E-state index >= 15 is 0 Å². The molecule has 1 aliphatic heterocycles. The molecule has 1 aromatic carbocycles. The molecule has 1 saturated heterocycles. The van der Waals surface area contributed by atoms with Gasteiger partial charge in [-0.25, -0.2) is 0 Å². The maximum Gasteiger partial charge on any atom is 0.223 e. The summed E-state index contributed by atoms with van der Waals surface area (Å²) in [5.41, 5.74) is 1.25. The molecule has 1 aromatic rings. The number of carbonyl (C=O) groups is 1. The van der Waals surface area contributed by atoms with Gasteiger partial charge < -0.3 is 9.80 Å². The van der Waals surface area contributed by atoms with E-state index in [2.05, 4.69) is 31.0 Å². The molecule has 0 radical (unpaired) electrons. The topological polar surface area (TPSA) is 23.6 Å². The fraction of sp³-hybridized carbons (Fsp3) is 0.533. The molecular weight excluding hydrogens is 224 g/mol. The molecule has 18 heavy (non-hydrogen) atoms. The van der Waals surface area contributed by atoms with Crippen LogP contribution in [0.1, 0.15) is 24.8 Å². The Morgan fingerprint density at radius 3 is 2.39 bits per heavy atom. The number of likely N-dealkylation sites (N-methyl/N-ethyl adjacent to an activating group) is 1. The van der Waals surface area contributed by atoms with Crippen LogP contribution in [0.2, 0.25) is 0 Å². The number of hydrogen-bond donors (Lipinski definition) is 0. The van der Waals surface area contributed by atoms with Crippen LogP contribution >= 0.6 is 0 Å². The largest absolute Gasteiger partial charge is 0.340 e. The van der Waals surface area contributed by atoms with Gasteiger partial charge in [-0.05, 0) is 18.5 Å². The van der Waals surface area contributed by atoms with Gasteiger partial charge in [0.25, 0.3) is 0 Å². The summed E-state index contributed by atoms with van der Waals surface area (Å²) in [5.74, 6) is 0.595. The summed E-state index contributed by atoms with van der Waals surface area (Å²) in [6.45, 7) is 5.86. The first-order valence-electron chi connectivity index (χ1n) is 6.68. The summed E-state index contributed by atoms with van der Waals surface area (Å²) in [5, 5.41) is 0. The number of nitrogens with zero attached hydrogens (tertiary/aromatic N) is 2. The van der Waals surface area contributed by atoms with Crippen molar-refractivity contribution < 1.29 is 4.79 Å². The zero-order chi connectivity index (χ0) is 13.0. The Kier molecular flexibility index (Phi) is 4.37. The molecular formula is C15H22N2O. The smallest absolute Gasteiger partial charge is 0.223 e. The van der Waals surface area contributed by atoms with Gasteiger partial charge in [-0.15, -0.1) is 0 Å². The van der Waals surface area contributed by atoms with Gasteiger partial charge in [0.15, 0.2) is 0 Å². The first-order valence-corrected chi connectivity index (χ1v) is 6.68. The SMILES string of the molecule is CC(CC(=O)N1CCN(C)CC1)c1ccccc1. The molecule has 1 unspecified atom stereocenters. The zero-order valence-corrected chi connectivity index (χ0v) is 11.3. The fourth-order valence-electron chi connectivity index (χ4n) is 2.35. The summed E-state index contributed by atoms with van der Waals surface area (Å²) in [7, 11) is 2.11. The van der Waals surface area contributed by atoms with E-state index in [0.29, 0.717) is 18.2 Å². The third kappa shape index (κ3) is 3.33. The Morgan fingerprint density at radius 2 is 1.78 bits per heavy atom. The summed E-state index contributed by atoms with van der Waals surface area (Å²) in [6, 6.07) is 10.3. The average Bonchev–Trinajstić information content (AvgIpc) is 2.40. The molecule has 1 heterocycles. The van der Waals surface area contributed by atoms with Crippen LogP contribution in [0.4, 0.5) is 0 Å². The molecule has 2 rings (SSSR count). The summed E-state index contributed by atoms with van der Waals surface area (Å²) < 4.78 is 0. The van der Waals surface area contributed by atoms with E-state index in [1.54, 1.807) is 0 Å². The van der Waals surface area contributed by atoms with Crippen molar-refractivity contribution >= 4 is 5.91 Å². The highest BCUT2D eigenvalue weighted by Crippen LogP contribution is 2.19. The van der Waals surface area contributed by atoms with E-state index in [9.17, 15) is 4.79 Å². The minimum Gasteiger partial charge on any atom is -0.340 e. The van der Waals surface area contributed by atoms with Gasteiger partial charge in [-0.1, -0.05) is 37.3 Å². The minimum atomic E-state index is 0.291. The molecule has 0 aromatic heterocycles. The Labute approximate surface area is 109 Å². The summed E-state index contributed by atoms with van der Waals surface area (Å²) in [6.07, 6.45) is 0.619. The van der Waals surface area contributed by atoms with Gasteiger partial charge in [-0.2, -0.15) is 0 Å². The van der Waals surface area contributed by atoms with Crippen molar-refractivity contribution in [3.05, 3.63) is 35.9 Å². The molecule has 1 fully saturated rings. The number of rotatable bonds is 3. The molecule has 1 aliphatic rings. The van der Waals surface area contributed by atoms with Gasteiger partial charge in [0, 0.05) is 32.6 Å². The number of benzene rings is 1. The highest BCUT2D eigenvalue weighted by Gasteiger charge is 2.20. The van der Waals surface area contributed by atoms with Crippen molar-refractivity contribution in [2.75, 3.05) is 33.2 Å². The van der Waals surface area contributed by atoms with Crippen molar-refractivity contribution in [1.82, 2.24) is 9.80 Å². The molecule has 0 bridgehead atoms. The molecule has 1 amide bonds. The van der Waals surface area contributed by atoms with Crippen molar-refractivity contribution in [3.63, 3.8) is 0 Å². The Bertz CT molecular complexity index is 383. The van der Waals surface area contributed by atoms with Crippen molar-refractivity contribution in [3.8, 4) is 0 Å². The number of piperazine rings is 1. The average molecular weight is 246 g/mol. The van der Waals surface area contributed by atoms with Crippen molar-refractivity contribution in [2.24, 2.45) is 0 Å². The van der Waals surface area contributed by atoms with Crippen molar-refractivity contribution in [2.45, 2.75) is 19.3 Å². The molecule has 3 heteroatoms. The quantitative estimate of drug-likeness (QED) is 0.814. The van der Waals surface area contributed by atoms with Crippen LogP contribution < -0.4 is 0 Å². The molecule has 0 aliphatic carbocycles. The second-order valence-electron chi connectivity index (χ2n) is 5.20. The van der Waals surface area contributed by atoms with E-state index in [0.717, 1.165) is 26.2 Å². The second-order valence-corrected chi connectivity index (χ2v) is 5.20. The highest BCUT2D eigenvalue weighted by atomic mass is 16.2. The van der Waals surface area contributed by atoms with Gasteiger partial charge in [0.1, 0.15) is 0 Å². The molecule has 0 spiro atoms. The predicted octanol–water partition coefficient (Wildman–Crippen LogP) is 1.95. The number of carbonyl (C=O) groups excluding carboxylic acids is 1. The van der Waals surface area contributed by atoms with E-state index in [1.165, 1.54) is 5.56 Å². The molecule has 0 N–H and O–H groups in total. The maximum atomic E-state index is 12.2. The van der Waals surface area contributed by atoms with Crippen LogP contribution in [0.15, 0.2) is 30.3 Å². The lowest BCUT2D eigenvalue weighted by molar-refractivity contribution is -0.133. The monoisotopic (exact) mass is 246 g/mol. The van der Waals surface area contributed by atoms with Crippen LogP contribution in [-0.4, -0.2) is 48.9 Å². The Morgan fingerprint density at radius 1 is 1.17 bits per heavy atom. The lowest BCUT2D eigenvalue weighted by Gasteiger charge is -2.33. The van der Waals surface area contributed by atoms with E-state index in [1.807, 2.05) is 23.1 Å². The summed E-state index contributed by atoms with van der Waals surface area (Å²) in [4.78, 5) is 16.5. The normalized spacial score (nSPS) is 18.7. The minimum absolute atomic E-state index is 0.291. The van der Waals surface area contributed by atoms with Crippen LogP contribution in [0.3, 0.4) is 0 Å². The molecule has 0 saturated carbocycles. The van der Waals surface area contributed by atoms with E-state index < -0.39 is 0 Å². The lowest BCUT2D eigenvalue weighted by Crippen LogP contribution is -2.47.